The molecule has 1 amide bonds. The number of rotatable bonds is 7. The molecule has 1 heterocycles. The topological polar surface area (TPSA) is 35.6 Å². The quantitative estimate of drug-likeness (QED) is 0.830. The molecule has 0 aromatic heterocycles. The number of benzene rings is 1. The van der Waals surface area contributed by atoms with Crippen LogP contribution in [-0.2, 0) is 11.3 Å². The molecule has 1 aromatic carbocycles. The summed E-state index contributed by atoms with van der Waals surface area (Å²) in [5, 5.41) is 3.19. The van der Waals surface area contributed by atoms with Crippen LogP contribution in [0.5, 0.6) is 0 Å². The fourth-order valence-electron chi connectivity index (χ4n) is 2.60. The molecule has 22 heavy (non-hydrogen) atoms. The summed E-state index contributed by atoms with van der Waals surface area (Å²) in [5.74, 6) is 0.0498. The maximum Gasteiger partial charge on any atom is 0.251 e. The van der Waals surface area contributed by atoms with E-state index in [0.29, 0.717) is 32.6 Å². The third kappa shape index (κ3) is 5.69. The van der Waals surface area contributed by atoms with E-state index in [2.05, 4.69) is 5.32 Å². The van der Waals surface area contributed by atoms with Gasteiger partial charge in [-0.05, 0) is 5.56 Å². The van der Waals surface area contributed by atoms with Crippen LogP contribution in [0.1, 0.15) is 12.0 Å². The molecular formula is C16H23F2N3O. The van der Waals surface area contributed by atoms with Crippen molar-refractivity contribution >= 4 is 5.91 Å². The minimum atomic E-state index is -2.39. The van der Waals surface area contributed by atoms with Crippen LogP contribution in [0, 0.1) is 0 Å². The Hall–Kier alpha value is -1.53. The Kier molecular flexibility index (Phi) is 6.74. The highest BCUT2D eigenvalue weighted by molar-refractivity contribution is 5.76. The molecule has 1 N–H and O–H groups in total. The van der Waals surface area contributed by atoms with Gasteiger partial charge < -0.3 is 10.2 Å². The molecular weight excluding hydrogens is 288 g/mol. The lowest BCUT2D eigenvalue weighted by Gasteiger charge is -2.29. The predicted octanol–water partition coefficient (Wildman–Crippen LogP) is 1.58. The minimum absolute atomic E-state index is 0.0498. The number of amides is 1. The third-order valence-electron chi connectivity index (χ3n) is 3.76. The zero-order valence-corrected chi connectivity index (χ0v) is 12.7. The number of hydrogen-bond donors (Lipinski definition) is 1. The monoisotopic (exact) mass is 311 g/mol. The van der Waals surface area contributed by atoms with Gasteiger partial charge >= 0.3 is 0 Å². The lowest BCUT2D eigenvalue weighted by Crippen LogP contribution is -2.47. The first-order chi connectivity index (χ1) is 10.6. The second kappa shape index (κ2) is 8.80. The lowest BCUT2D eigenvalue weighted by molar-refractivity contribution is -0.132. The Morgan fingerprint density at radius 3 is 2.55 bits per heavy atom. The summed E-state index contributed by atoms with van der Waals surface area (Å²) in [5.41, 5.74) is 0.984. The van der Waals surface area contributed by atoms with Crippen LogP contribution in [0.2, 0.25) is 0 Å². The van der Waals surface area contributed by atoms with Gasteiger partial charge in [-0.3, -0.25) is 9.69 Å². The van der Waals surface area contributed by atoms with Gasteiger partial charge in [0.2, 0.25) is 5.91 Å². The molecule has 2 rings (SSSR count). The van der Waals surface area contributed by atoms with Crippen molar-refractivity contribution < 1.29 is 13.6 Å². The van der Waals surface area contributed by atoms with Gasteiger partial charge in [0.15, 0.2) is 0 Å². The zero-order chi connectivity index (χ0) is 15.8. The standard InChI is InChI=1S/C16H23F2N3O/c17-15(18)13-20(12-14-4-2-1-3-5-14)9-6-16(22)21-10-7-19-8-11-21/h1-5,15,19H,6-13H2. The number of nitrogens with zero attached hydrogens (tertiary/aromatic N) is 2. The highest BCUT2D eigenvalue weighted by atomic mass is 19.3. The van der Waals surface area contributed by atoms with E-state index in [-0.39, 0.29) is 12.5 Å². The molecule has 1 aliphatic rings. The number of halogens is 2. The molecule has 0 unspecified atom stereocenters. The van der Waals surface area contributed by atoms with E-state index in [4.69, 9.17) is 0 Å². The summed E-state index contributed by atoms with van der Waals surface area (Å²) >= 11 is 0. The van der Waals surface area contributed by atoms with Crippen LogP contribution in [-0.4, -0.2) is 61.4 Å². The van der Waals surface area contributed by atoms with Crippen LogP contribution in [0.25, 0.3) is 0 Å². The molecule has 0 atom stereocenters. The van der Waals surface area contributed by atoms with Crippen LogP contribution in [0.4, 0.5) is 8.78 Å². The molecule has 6 heteroatoms. The number of alkyl halides is 2. The number of carbonyl (C=O) groups is 1. The first-order valence-corrected chi connectivity index (χ1v) is 7.68. The number of hydrogen-bond acceptors (Lipinski definition) is 3. The number of carbonyl (C=O) groups excluding carboxylic acids is 1. The third-order valence-corrected chi connectivity index (χ3v) is 3.76. The summed E-state index contributed by atoms with van der Waals surface area (Å²) in [6.45, 7) is 3.51. The maximum absolute atomic E-state index is 12.7. The van der Waals surface area contributed by atoms with Crippen molar-refractivity contribution in [2.75, 3.05) is 39.3 Å². The van der Waals surface area contributed by atoms with Crippen molar-refractivity contribution in [1.29, 1.82) is 0 Å². The summed E-state index contributed by atoms with van der Waals surface area (Å²) in [4.78, 5) is 15.6. The van der Waals surface area contributed by atoms with E-state index in [1.807, 2.05) is 30.3 Å². The summed E-state index contributed by atoms with van der Waals surface area (Å²) in [7, 11) is 0. The normalized spacial score (nSPS) is 15.5. The number of nitrogens with one attached hydrogen (secondary N) is 1. The van der Waals surface area contributed by atoms with Gasteiger partial charge in [-0.15, -0.1) is 0 Å². The van der Waals surface area contributed by atoms with Gasteiger partial charge in [0.05, 0.1) is 6.54 Å². The molecule has 0 radical (unpaired) electrons. The Morgan fingerprint density at radius 2 is 1.91 bits per heavy atom. The average Bonchev–Trinajstić information content (AvgIpc) is 2.53. The maximum atomic E-state index is 12.7. The van der Waals surface area contributed by atoms with Gasteiger partial charge in [0.25, 0.3) is 6.43 Å². The molecule has 0 aliphatic carbocycles. The van der Waals surface area contributed by atoms with Crippen LogP contribution < -0.4 is 5.32 Å². The fraction of sp³-hybridized carbons (Fsp3) is 0.562. The van der Waals surface area contributed by atoms with Crippen LogP contribution in [0.15, 0.2) is 30.3 Å². The smallest absolute Gasteiger partial charge is 0.251 e. The average molecular weight is 311 g/mol. The van der Waals surface area contributed by atoms with Crippen molar-refractivity contribution in [3.63, 3.8) is 0 Å². The first-order valence-electron chi connectivity index (χ1n) is 7.68. The van der Waals surface area contributed by atoms with E-state index in [9.17, 15) is 13.6 Å². The molecule has 1 aliphatic heterocycles. The summed E-state index contributed by atoms with van der Waals surface area (Å²) in [6.07, 6.45) is -2.10. The Labute approximate surface area is 130 Å². The fourth-order valence-corrected chi connectivity index (χ4v) is 2.60. The SMILES string of the molecule is O=C(CCN(Cc1ccccc1)CC(F)F)N1CCNCC1. The van der Waals surface area contributed by atoms with Crippen molar-refractivity contribution in [2.24, 2.45) is 0 Å². The lowest BCUT2D eigenvalue weighted by atomic mass is 10.2. The summed E-state index contributed by atoms with van der Waals surface area (Å²) in [6, 6.07) is 9.51. The van der Waals surface area contributed by atoms with Crippen LogP contribution in [0.3, 0.4) is 0 Å². The van der Waals surface area contributed by atoms with E-state index >= 15 is 0 Å². The second-order valence-electron chi connectivity index (χ2n) is 5.49. The van der Waals surface area contributed by atoms with Crippen molar-refractivity contribution in [2.45, 2.75) is 19.4 Å². The molecule has 0 saturated carbocycles. The van der Waals surface area contributed by atoms with Gasteiger partial charge in [0, 0.05) is 45.7 Å². The first kappa shape index (κ1) is 16.8. The Balaban J connectivity index is 1.84. The van der Waals surface area contributed by atoms with E-state index < -0.39 is 6.43 Å². The molecule has 0 bridgehead atoms. The van der Waals surface area contributed by atoms with Crippen molar-refractivity contribution in [1.82, 2.24) is 15.1 Å². The number of piperazine rings is 1. The van der Waals surface area contributed by atoms with Gasteiger partial charge in [-0.25, -0.2) is 8.78 Å². The highest BCUT2D eigenvalue weighted by Gasteiger charge is 2.18. The molecule has 1 fully saturated rings. The van der Waals surface area contributed by atoms with E-state index in [0.717, 1.165) is 18.7 Å². The van der Waals surface area contributed by atoms with Gasteiger partial charge in [0.1, 0.15) is 0 Å². The van der Waals surface area contributed by atoms with Gasteiger partial charge in [-0.1, -0.05) is 30.3 Å². The predicted molar refractivity (Wildman–Crippen MR) is 81.8 cm³/mol. The second-order valence-corrected chi connectivity index (χ2v) is 5.49. The molecule has 1 saturated heterocycles. The Morgan fingerprint density at radius 1 is 1.23 bits per heavy atom. The zero-order valence-electron chi connectivity index (χ0n) is 12.7. The van der Waals surface area contributed by atoms with Crippen molar-refractivity contribution in [3.8, 4) is 0 Å². The van der Waals surface area contributed by atoms with E-state index in [1.54, 1.807) is 9.80 Å². The van der Waals surface area contributed by atoms with Crippen LogP contribution >= 0.6 is 0 Å². The van der Waals surface area contributed by atoms with Crippen molar-refractivity contribution in [3.05, 3.63) is 35.9 Å². The Bertz CT molecular complexity index is 450. The molecule has 0 spiro atoms. The summed E-state index contributed by atoms with van der Waals surface area (Å²) < 4.78 is 25.4. The highest BCUT2D eigenvalue weighted by Crippen LogP contribution is 2.09. The largest absolute Gasteiger partial charge is 0.340 e. The van der Waals surface area contributed by atoms with E-state index in [1.165, 1.54) is 0 Å². The molecule has 1 aromatic rings. The van der Waals surface area contributed by atoms with Gasteiger partial charge in [-0.2, -0.15) is 0 Å². The molecule has 122 valence electrons. The minimum Gasteiger partial charge on any atom is -0.340 e. The molecule has 4 nitrogen and oxygen atoms in total.